The molecule has 25 heavy (non-hydrogen) atoms. The van der Waals surface area contributed by atoms with Gasteiger partial charge in [0.1, 0.15) is 11.5 Å². The first kappa shape index (κ1) is 18.5. The van der Waals surface area contributed by atoms with Crippen molar-refractivity contribution in [1.29, 1.82) is 0 Å². The third-order valence-corrected chi connectivity index (χ3v) is 6.17. The molecular formula is C20H32N2O3. The summed E-state index contributed by atoms with van der Waals surface area (Å²) in [5, 5.41) is 10.9. The van der Waals surface area contributed by atoms with Gasteiger partial charge in [0.25, 0.3) is 5.91 Å². The number of hydrogen-bond donors (Lipinski definition) is 1. The summed E-state index contributed by atoms with van der Waals surface area (Å²) in [6.07, 6.45) is 2.95. The minimum Gasteiger partial charge on any atom is -0.464 e. The molecular weight excluding hydrogens is 316 g/mol. The molecule has 5 nitrogen and oxygen atoms in total. The normalized spacial score (nSPS) is 27.1. The van der Waals surface area contributed by atoms with Crippen LogP contribution in [0.1, 0.15) is 61.9 Å². The molecule has 0 bridgehead atoms. The maximum absolute atomic E-state index is 13.0. The van der Waals surface area contributed by atoms with Gasteiger partial charge in [0, 0.05) is 19.0 Å². The number of aliphatic hydroxyl groups is 1. The zero-order valence-electron chi connectivity index (χ0n) is 16.0. The minimum absolute atomic E-state index is 0.0387. The Kier molecular flexibility index (Phi) is 5.26. The molecule has 0 radical (unpaired) electrons. The van der Waals surface area contributed by atoms with Crippen molar-refractivity contribution in [2.45, 2.75) is 59.1 Å². The Balaban J connectivity index is 1.68. The van der Waals surface area contributed by atoms with E-state index in [1.165, 1.54) is 0 Å². The summed E-state index contributed by atoms with van der Waals surface area (Å²) in [7, 11) is 0. The molecule has 0 unspecified atom stereocenters. The maximum atomic E-state index is 13.0. The zero-order chi connectivity index (χ0) is 18.2. The van der Waals surface area contributed by atoms with Crippen LogP contribution in [0.3, 0.4) is 0 Å². The molecule has 0 aromatic carbocycles. The van der Waals surface area contributed by atoms with Gasteiger partial charge in [0.2, 0.25) is 0 Å². The van der Waals surface area contributed by atoms with Crippen LogP contribution < -0.4 is 0 Å². The van der Waals surface area contributed by atoms with Gasteiger partial charge < -0.3 is 14.4 Å². The number of hydrogen-bond acceptors (Lipinski definition) is 4. The molecule has 1 amide bonds. The molecule has 1 aliphatic heterocycles. The highest BCUT2D eigenvalue weighted by atomic mass is 16.3. The second-order valence-electron chi connectivity index (χ2n) is 7.81. The number of piperidine rings is 1. The summed E-state index contributed by atoms with van der Waals surface area (Å²) in [5.74, 6) is 2.15. The maximum Gasteiger partial charge on any atom is 0.257 e. The molecule has 1 saturated heterocycles. The van der Waals surface area contributed by atoms with E-state index in [1.54, 1.807) is 0 Å². The summed E-state index contributed by atoms with van der Waals surface area (Å²) >= 11 is 0. The van der Waals surface area contributed by atoms with Gasteiger partial charge in [-0.15, -0.1) is 0 Å². The monoisotopic (exact) mass is 348 g/mol. The van der Waals surface area contributed by atoms with Gasteiger partial charge in [-0.3, -0.25) is 9.69 Å². The highest BCUT2D eigenvalue weighted by Crippen LogP contribution is 2.47. The largest absolute Gasteiger partial charge is 0.464 e. The van der Waals surface area contributed by atoms with Crippen LogP contribution in [0, 0.1) is 18.8 Å². The number of nitrogens with zero attached hydrogens (tertiary/aromatic N) is 2. The molecule has 1 aliphatic carbocycles. The topological polar surface area (TPSA) is 56.9 Å². The number of aryl methyl sites for hydroxylation is 1. The van der Waals surface area contributed by atoms with Crippen LogP contribution in [-0.2, 0) is 6.54 Å². The Labute approximate surface area is 151 Å². The predicted octanol–water partition coefficient (Wildman–Crippen LogP) is 3.05. The van der Waals surface area contributed by atoms with Crippen molar-refractivity contribution < 1.29 is 14.3 Å². The number of carbonyl (C=O) groups is 1. The van der Waals surface area contributed by atoms with Crippen molar-refractivity contribution >= 4 is 5.91 Å². The Morgan fingerprint density at radius 2 is 2.08 bits per heavy atom. The van der Waals surface area contributed by atoms with E-state index >= 15 is 0 Å². The summed E-state index contributed by atoms with van der Waals surface area (Å²) < 4.78 is 5.84. The fourth-order valence-electron chi connectivity index (χ4n) is 4.19. The minimum atomic E-state index is -0.573. The highest BCUT2D eigenvalue weighted by Gasteiger charge is 2.50. The lowest BCUT2D eigenvalue weighted by Crippen LogP contribution is -2.53. The summed E-state index contributed by atoms with van der Waals surface area (Å²) in [6.45, 7) is 12.1. The van der Waals surface area contributed by atoms with Crippen LogP contribution in [0.4, 0.5) is 0 Å². The number of amides is 1. The van der Waals surface area contributed by atoms with E-state index in [1.807, 2.05) is 17.9 Å². The zero-order valence-corrected chi connectivity index (χ0v) is 16.0. The molecule has 2 heterocycles. The van der Waals surface area contributed by atoms with Crippen LogP contribution in [0.2, 0.25) is 0 Å². The molecule has 5 heteroatoms. The first-order valence-electron chi connectivity index (χ1n) is 9.72. The second kappa shape index (κ2) is 7.12. The molecule has 0 spiro atoms. The van der Waals surface area contributed by atoms with Crippen molar-refractivity contribution in [1.82, 2.24) is 9.80 Å². The lowest BCUT2D eigenvalue weighted by molar-refractivity contribution is -0.0751. The van der Waals surface area contributed by atoms with Crippen molar-refractivity contribution in [3.05, 3.63) is 23.2 Å². The van der Waals surface area contributed by atoms with E-state index in [0.29, 0.717) is 36.8 Å². The number of rotatable bonds is 6. The van der Waals surface area contributed by atoms with Gasteiger partial charge in [-0.25, -0.2) is 0 Å². The van der Waals surface area contributed by atoms with Crippen LogP contribution in [0.25, 0.3) is 0 Å². The predicted molar refractivity (Wildman–Crippen MR) is 97.4 cm³/mol. The fraction of sp³-hybridized carbons (Fsp3) is 0.750. The van der Waals surface area contributed by atoms with E-state index in [0.717, 1.165) is 38.2 Å². The van der Waals surface area contributed by atoms with Crippen LogP contribution >= 0.6 is 0 Å². The summed E-state index contributed by atoms with van der Waals surface area (Å²) in [6, 6.07) is 1.91. The average molecular weight is 348 g/mol. The van der Waals surface area contributed by atoms with Gasteiger partial charge in [0.15, 0.2) is 0 Å². The Bertz CT molecular complexity index is 618. The average Bonchev–Trinajstić information content (AvgIpc) is 3.39. The third-order valence-electron chi connectivity index (χ3n) is 6.17. The Morgan fingerprint density at radius 3 is 2.64 bits per heavy atom. The molecule has 1 N–H and O–H groups in total. The summed E-state index contributed by atoms with van der Waals surface area (Å²) in [5.41, 5.74) is 0.0991. The van der Waals surface area contributed by atoms with Crippen LogP contribution in [0.5, 0.6) is 0 Å². The molecule has 2 fully saturated rings. The van der Waals surface area contributed by atoms with Crippen molar-refractivity contribution in [2.24, 2.45) is 11.8 Å². The second-order valence-corrected chi connectivity index (χ2v) is 7.81. The SMILES string of the molecule is CCN(CC)Cc1cc(C(=O)N2CC[C@@](O)(C3CC3)[C@H](C)C2)c(C)o1. The smallest absolute Gasteiger partial charge is 0.257 e. The molecule has 2 aliphatic rings. The van der Waals surface area contributed by atoms with Crippen molar-refractivity contribution in [3.8, 4) is 0 Å². The molecule has 1 saturated carbocycles. The molecule has 2 atom stereocenters. The lowest BCUT2D eigenvalue weighted by Gasteiger charge is -2.43. The number of likely N-dealkylation sites (tertiary alicyclic amines) is 1. The van der Waals surface area contributed by atoms with Gasteiger partial charge >= 0.3 is 0 Å². The summed E-state index contributed by atoms with van der Waals surface area (Å²) in [4.78, 5) is 17.1. The van der Waals surface area contributed by atoms with E-state index < -0.39 is 5.60 Å². The molecule has 140 valence electrons. The van der Waals surface area contributed by atoms with E-state index in [2.05, 4.69) is 25.7 Å². The van der Waals surface area contributed by atoms with Gasteiger partial charge in [-0.2, -0.15) is 0 Å². The first-order valence-corrected chi connectivity index (χ1v) is 9.72. The van der Waals surface area contributed by atoms with E-state index in [4.69, 9.17) is 4.42 Å². The first-order chi connectivity index (χ1) is 11.9. The van der Waals surface area contributed by atoms with Gasteiger partial charge in [-0.1, -0.05) is 20.8 Å². The quantitative estimate of drug-likeness (QED) is 0.858. The molecule has 1 aromatic heterocycles. The molecule has 1 aromatic rings. The van der Waals surface area contributed by atoms with Gasteiger partial charge in [-0.05, 0) is 51.3 Å². The van der Waals surface area contributed by atoms with Gasteiger partial charge in [0.05, 0.1) is 17.7 Å². The van der Waals surface area contributed by atoms with E-state index in [-0.39, 0.29) is 11.8 Å². The van der Waals surface area contributed by atoms with Crippen LogP contribution in [0.15, 0.2) is 10.5 Å². The Morgan fingerprint density at radius 1 is 1.40 bits per heavy atom. The number of furan rings is 1. The highest BCUT2D eigenvalue weighted by molar-refractivity contribution is 5.95. The fourth-order valence-corrected chi connectivity index (χ4v) is 4.19. The standard InChI is InChI=1S/C20H32N2O3/c1-5-21(6-2)13-17-11-18(15(4)25-17)19(23)22-10-9-20(24,14(3)12-22)16-7-8-16/h11,14,16,24H,5-10,12-13H2,1-4H3/t14-,20+/m1/s1. The van der Waals surface area contributed by atoms with E-state index in [9.17, 15) is 9.90 Å². The molecule has 3 rings (SSSR count). The number of carbonyl (C=O) groups excluding carboxylic acids is 1. The Hall–Kier alpha value is -1.33. The lowest BCUT2D eigenvalue weighted by atomic mass is 9.78. The third kappa shape index (κ3) is 3.63. The van der Waals surface area contributed by atoms with Crippen molar-refractivity contribution in [2.75, 3.05) is 26.2 Å². The van der Waals surface area contributed by atoms with Crippen LogP contribution in [-0.4, -0.2) is 52.6 Å². The van der Waals surface area contributed by atoms with Crippen molar-refractivity contribution in [3.63, 3.8) is 0 Å².